The Kier molecular flexibility index (Phi) is 7.93. The molecule has 190 valence electrons. The largest absolute Gasteiger partial charge is 0.507 e. The molecule has 0 aliphatic rings. The Morgan fingerprint density at radius 1 is 1.28 bits per heavy atom. The lowest BCUT2D eigenvalue weighted by molar-refractivity contribution is -0.121. The van der Waals surface area contributed by atoms with Crippen LogP contribution in [-0.4, -0.2) is 39.4 Å². The Labute approximate surface area is 207 Å². The van der Waals surface area contributed by atoms with Crippen molar-refractivity contribution >= 4 is 23.1 Å². The maximum absolute atomic E-state index is 14.3. The molecule has 0 bridgehead atoms. The first-order valence-electron chi connectivity index (χ1n) is 11.1. The summed E-state index contributed by atoms with van der Waals surface area (Å²) in [5.74, 6) is -1.12. The minimum atomic E-state index is -0.764. The number of carbonyl (C=O) groups is 1. The van der Waals surface area contributed by atoms with Crippen LogP contribution in [0.1, 0.15) is 31.9 Å². The Morgan fingerprint density at radius 3 is 2.61 bits per heavy atom. The van der Waals surface area contributed by atoms with Crippen LogP contribution in [0.4, 0.5) is 15.9 Å². The Morgan fingerprint density at radius 2 is 2.00 bits per heavy atom. The Balaban J connectivity index is 1.92. The molecule has 0 spiro atoms. The fourth-order valence-electron chi connectivity index (χ4n) is 3.66. The van der Waals surface area contributed by atoms with Crippen LogP contribution in [0.5, 0.6) is 11.5 Å². The summed E-state index contributed by atoms with van der Waals surface area (Å²) in [6.45, 7) is 4.62. The number of phenolic OH excluding ortho intramolecular Hbond substituents is 1. The van der Waals surface area contributed by atoms with E-state index in [4.69, 9.17) is 15.9 Å². The zero-order valence-corrected chi connectivity index (χ0v) is 20.5. The van der Waals surface area contributed by atoms with Crippen molar-refractivity contribution in [2.45, 2.75) is 39.9 Å². The van der Waals surface area contributed by atoms with E-state index in [1.165, 1.54) is 30.9 Å². The number of aromatic hydroxyl groups is 1. The van der Waals surface area contributed by atoms with Crippen molar-refractivity contribution in [1.82, 2.24) is 14.9 Å². The Hall–Kier alpha value is -4.41. The number of ether oxygens (including phenoxy) is 1. The second-order valence-corrected chi connectivity index (χ2v) is 8.55. The van der Waals surface area contributed by atoms with E-state index in [2.05, 4.69) is 15.6 Å². The fraction of sp³-hybridized carbons (Fsp3) is 0.280. The van der Waals surface area contributed by atoms with E-state index in [9.17, 15) is 19.1 Å². The van der Waals surface area contributed by atoms with Gasteiger partial charge in [0, 0.05) is 35.6 Å². The summed E-state index contributed by atoms with van der Waals surface area (Å²) < 4.78 is 20.8. The predicted octanol–water partition coefficient (Wildman–Crippen LogP) is 2.87. The molecule has 3 rings (SSSR count). The van der Waals surface area contributed by atoms with Gasteiger partial charge in [-0.3, -0.25) is 14.2 Å². The van der Waals surface area contributed by atoms with E-state index in [0.29, 0.717) is 28.3 Å². The topological polar surface area (TPSA) is 155 Å². The van der Waals surface area contributed by atoms with E-state index < -0.39 is 17.3 Å². The molecule has 1 aromatic heterocycles. The van der Waals surface area contributed by atoms with Crippen LogP contribution < -0.4 is 26.7 Å². The van der Waals surface area contributed by atoms with E-state index in [1.807, 2.05) is 13.8 Å². The third kappa shape index (κ3) is 5.98. The SMILES string of the molecule is COc1cc(N)cc(-c2cnc(NC(C)C)c(=O)n2CC(=O)NCc2cc(O)c(C(C)=N)c(F)c2)c1. The predicted molar refractivity (Wildman–Crippen MR) is 136 cm³/mol. The van der Waals surface area contributed by atoms with Crippen molar-refractivity contribution in [3.63, 3.8) is 0 Å². The number of anilines is 2. The molecule has 0 radical (unpaired) electrons. The van der Waals surface area contributed by atoms with Gasteiger partial charge >= 0.3 is 0 Å². The molecule has 0 unspecified atom stereocenters. The molecule has 6 N–H and O–H groups in total. The second kappa shape index (κ2) is 10.9. The zero-order chi connectivity index (χ0) is 26.6. The third-order valence-electron chi connectivity index (χ3n) is 5.24. The molecule has 0 fully saturated rings. The number of aromatic nitrogens is 2. The van der Waals surface area contributed by atoms with Gasteiger partial charge in [0.05, 0.1) is 24.6 Å². The molecule has 36 heavy (non-hydrogen) atoms. The number of benzene rings is 2. The van der Waals surface area contributed by atoms with Gasteiger partial charge in [0.2, 0.25) is 5.91 Å². The molecule has 0 atom stereocenters. The average Bonchev–Trinajstić information content (AvgIpc) is 2.79. The third-order valence-corrected chi connectivity index (χ3v) is 5.24. The zero-order valence-electron chi connectivity index (χ0n) is 20.5. The summed E-state index contributed by atoms with van der Waals surface area (Å²) >= 11 is 0. The van der Waals surface area contributed by atoms with Crippen LogP contribution in [0.25, 0.3) is 11.3 Å². The van der Waals surface area contributed by atoms with Gasteiger partial charge < -0.3 is 31.6 Å². The van der Waals surface area contributed by atoms with Crippen LogP contribution >= 0.6 is 0 Å². The van der Waals surface area contributed by atoms with Gasteiger partial charge in [-0.05, 0) is 50.6 Å². The summed E-state index contributed by atoms with van der Waals surface area (Å²) in [6, 6.07) is 7.30. The monoisotopic (exact) mass is 496 g/mol. The van der Waals surface area contributed by atoms with Gasteiger partial charge in [-0.1, -0.05) is 0 Å². The molecule has 0 aliphatic carbocycles. The highest BCUT2D eigenvalue weighted by atomic mass is 19.1. The van der Waals surface area contributed by atoms with E-state index >= 15 is 0 Å². The van der Waals surface area contributed by atoms with Gasteiger partial charge in [0.25, 0.3) is 5.56 Å². The average molecular weight is 497 g/mol. The van der Waals surface area contributed by atoms with Gasteiger partial charge in [0.15, 0.2) is 5.82 Å². The summed E-state index contributed by atoms with van der Waals surface area (Å²) in [6.07, 6.45) is 1.47. The van der Waals surface area contributed by atoms with Crippen molar-refractivity contribution in [3.8, 4) is 22.8 Å². The molecule has 1 amide bonds. The number of hydrogen-bond acceptors (Lipinski definition) is 8. The van der Waals surface area contributed by atoms with Gasteiger partial charge in [-0.2, -0.15) is 0 Å². The summed E-state index contributed by atoms with van der Waals surface area (Å²) in [7, 11) is 1.49. The molecule has 0 aliphatic heterocycles. The van der Waals surface area contributed by atoms with Crippen LogP contribution in [0.15, 0.2) is 41.3 Å². The van der Waals surface area contributed by atoms with E-state index in [-0.39, 0.29) is 42.0 Å². The molecule has 2 aromatic carbocycles. The number of amides is 1. The molecule has 0 saturated heterocycles. The van der Waals surface area contributed by atoms with E-state index in [0.717, 1.165) is 6.07 Å². The molecule has 1 heterocycles. The van der Waals surface area contributed by atoms with E-state index in [1.54, 1.807) is 18.2 Å². The smallest absolute Gasteiger partial charge is 0.294 e. The minimum Gasteiger partial charge on any atom is -0.507 e. The lowest BCUT2D eigenvalue weighted by Gasteiger charge is -2.17. The highest BCUT2D eigenvalue weighted by molar-refractivity contribution is 5.99. The second-order valence-electron chi connectivity index (χ2n) is 8.55. The molecular formula is C25H29FN6O4. The Bertz CT molecular complexity index is 1350. The van der Waals surface area contributed by atoms with Gasteiger partial charge in [0.1, 0.15) is 23.9 Å². The normalized spacial score (nSPS) is 10.8. The number of nitrogens with zero attached hydrogens (tertiary/aromatic N) is 2. The van der Waals surface area contributed by atoms with Crippen molar-refractivity contribution in [3.05, 3.63) is 63.8 Å². The van der Waals surface area contributed by atoms with Crippen molar-refractivity contribution in [1.29, 1.82) is 5.41 Å². The first-order valence-corrected chi connectivity index (χ1v) is 11.1. The lowest BCUT2D eigenvalue weighted by atomic mass is 10.1. The number of carbonyl (C=O) groups excluding carboxylic acids is 1. The molecule has 3 aromatic rings. The molecular weight excluding hydrogens is 467 g/mol. The summed E-state index contributed by atoms with van der Waals surface area (Å²) in [5.41, 5.74) is 6.75. The lowest BCUT2D eigenvalue weighted by Crippen LogP contribution is -2.35. The summed E-state index contributed by atoms with van der Waals surface area (Å²) in [4.78, 5) is 30.3. The number of methoxy groups -OCH3 is 1. The van der Waals surface area contributed by atoms with Crippen molar-refractivity contribution in [2.24, 2.45) is 0 Å². The summed E-state index contributed by atoms with van der Waals surface area (Å²) in [5, 5.41) is 23.2. The maximum Gasteiger partial charge on any atom is 0.294 e. The highest BCUT2D eigenvalue weighted by Crippen LogP contribution is 2.27. The number of nitrogens with one attached hydrogen (secondary N) is 3. The van der Waals surface area contributed by atoms with Gasteiger partial charge in [-0.25, -0.2) is 9.37 Å². The first kappa shape index (κ1) is 26.2. The number of nitrogen functional groups attached to an aromatic ring is 1. The quantitative estimate of drug-likeness (QED) is 0.225. The standard InChI is InChI=1S/C25H29FN6O4/c1-13(2)31-24-25(35)32(20(11-30-24)16-7-17(28)9-18(8-16)36-4)12-22(34)29-10-15-5-19(26)23(14(3)27)21(33)6-15/h5-9,11,13,27,33H,10,12,28H2,1-4H3,(H,29,34)(H,30,31). The minimum absolute atomic E-state index is 0.0686. The van der Waals surface area contributed by atoms with Gasteiger partial charge in [-0.15, -0.1) is 0 Å². The number of halogens is 1. The van der Waals surface area contributed by atoms with Crippen LogP contribution in [0.3, 0.4) is 0 Å². The first-order chi connectivity index (χ1) is 17.0. The van der Waals surface area contributed by atoms with Crippen LogP contribution in [-0.2, 0) is 17.9 Å². The van der Waals surface area contributed by atoms with Crippen LogP contribution in [0, 0.1) is 11.2 Å². The highest BCUT2D eigenvalue weighted by Gasteiger charge is 2.17. The maximum atomic E-state index is 14.3. The molecule has 11 heteroatoms. The van der Waals surface area contributed by atoms with Crippen molar-refractivity contribution in [2.75, 3.05) is 18.2 Å². The molecule has 10 nitrogen and oxygen atoms in total. The number of phenols is 1. The number of hydrogen-bond donors (Lipinski definition) is 5. The van der Waals surface area contributed by atoms with Crippen molar-refractivity contribution < 1.29 is 19.0 Å². The number of rotatable bonds is 9. The molecule has 0 saturated carbocycles. The fourth-order valence-corrected chi connectivity index (χ4v) is 3.66. The van der Waals surface area contributed by atoms with Crippen LogP contribution in [0.2, 0.25) is 0 Å². The number of nitrogens with two attached hydrogens (primary N) is 1.